The van der Waals surface area contributed by atoms with Gasteiger partial charge in [0, 0.05) is 12.7 Å². The summed E-state index contributed by atoms with van der Waals surface area (Å²) in [6.45, 7) is 1.02. The van der Waals surface area contributed by atoms with Gasteiger partial charge in [-0.2, -0.15) is 0 Å². The SMILES string of the molecule is O=C(Oc1ccc(F)cc1)N1CCCCC1COc1cccnc1. The van der Waals surface area contributed by atoms with E-state index in [-0.39, 0.29) is 11.9 Å². The predicted molar refractivity (Wildman–Crippen MR) is 86.5 cm³/mol. The molecule has 3 rings (SSSR count). The monoisotopic (exact) mass is 330 g/mol. The number of carbonyl (C=O) groups is 1. The molecule has 1 aliphatic rings. The van der Waals surface area contributed by atoms with Crippen LogP contribution in [0.1, 0.15) is 19.3 Å². The summed E-state index contributed by atoms with van der Waals surface area (Å²) in [5.74, 6) is 0.643. The normalized spacial score (nSPS) is 17.4. The van der Waals surface area contributed by atoms with Crippen LogP contribution in [0.4, 0.5) is 9.18 Å². The molecule has 6 heteroatoms. The van der Waals surface area contributed by atoms with Gasteiger partial charge in [-0.25, -0.2) is 9.18 Å². The number of halogens is 1. The number of aromatic nitrogens is 1. The Balaban J connectivity index is 1.60. The van der Waals surface area contributed by atoms with Crippen molar-refractivity contribution in [2.75, 3.05) is 13.2 Å². The van der Waals surface area contributed by atoms with Gasteiger partial charge in [-0.3, -0.25) is 4.98 Å². The molecule has 1 fully saturated rings. The lowest BCUT2D eigenvalue weighted by Crippen LogP contribution is -2.47. The zero-order valence-corrected chi connectivity index (χ0v) is 13.2. The molecule has 2 aromatic rings. The number of benzene rings is 1. The van der Waals surface area contributed by atoms with Crippen molar-refractivity contribution in [3.63, 3.8) is 0 Å². The van der Waals surface area contributed by atoms with E-state index < -0.39 is 6.09 Å². The third kappa shape index (κ3) is 4.22. The standard InChI is InChI=1S/C18H19FN2O3/c19-14-6-8-16(9-7-14)24-18(22)21-11-2-1-4-15(21)13-23-17-5-3-10-20-12-17/h3,5-10,12,15H,1-2,4,11,13H2. The van der Waals surface area contributed by atoms with Crippen LogP contribution in [0.15, 0.2) is 48.8 Å². The molecular weight excluding hydrogens is 311 g/mol. The van der Waals surface area contributed by atoms with Crippen molar-refractivity contribution in [3.8, 4) is 11.5 Å². The van der Waals surface area contributed by atoms with E-state index >= 15 is 0 Å². The van der Waals surface area contributed by atoms with Crippen LogP contribution in [0.2, 0.25) is 0 Å². The highest BCUT2D eigenvalue weighted by atomic mass is 19.1. The van der Waals surface area contributed by atoms with E-state index in [1.54, 1.807) is 23.4 Å². The molecule has 1 atom stereocenters. The maximum absolute atomic E-state index is 12.9. The number of nitrogens with zero attached hydrogens (tertiary/aromatic N) is 2. The molecule has 0 spiro atoms. The fraction of sp³-hybridized carbons (Fsp3) is 0.333. The van der Waals surface area contributed by atoms with Gasteiger partial charge in [-0.1, -0.05) is 0 Å². The zero-order chi connectivity index (χ0) is 16.8. The molecule has 1 aliphatic heterocycles. The zero-order valence-electron chi connectivity index (χ0n) is 13.2. The van der Waals surface area contributed by atoms with Gasteiger partial charge in [0.1, 0.15) is 23.9 Å². The Bertz CT molecular complexity index is 664. The van der Waals surface area contributed by atoms with E-state index in [0.717, 1.165) is 19.3 Å². The number of hydrogen-bond acceptors (Lipinski definition) is 4. The van der Waals surface area contributed by atoms with Gasteiger partial charge in [0.15, 0.2) is 0 Å². The number of carbonyl (C=O) groups excluding carboxylic acids is 1. The van der Waals surface area contributed by atoms with Crippen molar-refractivity contribution in [1.29, 1.82) is 0 Å². The molecule has 126 valence electrons. The van der Waals surface area contributed by atoms with Crippen molar-refractivity contribution in [3.05, 3.63) is 54.6 Å². The Morgan fingerprint density at radius 2 is 2.04 bits per heavy atom. The fourth-order valence-electron chi connectivity index (χ4n) is 2.70. The number of rotatable bonds is 4. The summed E-state index contributed by atoms with van der Waals surface area (Å²) in [5.41, 5.74) is 0. The minimum Gasteiger partial charge on any atom is -0.490 e. The number of hydrogen-bond donors (Lipinski definition) is 0. The molecule has 5 nitrogen and oxygen atoms in total. The smallest absolute Gasteiger partial charge is 0.415 e. The van der Waals surface area contributed by atoms with Crippen LogP contribution in [0.25, 0.3) is 0 Å². The van der Waals surface area contributed by atoms with Crippen LogP contribution in [0.5, 0.6) is 11.5 Å². The van der Waals surface area contributed by atoms with E-state index in [9.17, 15) is 9.18 Å². The molecule has 24 heavy (non-hydrogen) atoms. The Morgan fingerprint density at radius 1 is 1.21 bits per heavy atom. The number of piperidine rings is 1. The Labute approximate surface area is 140 Å². The maximum atomic E-state index is 12.9. The number of amides is 1. The molecule has 1 amide bonds. The van der Waals surface area contributed by atoms with Crippen molar-refractivity contribution >= 4 is 6.09 Å². The molecule has 0 saturated carbocycles. The summed E-state index contributed by atoms with van der Waals surface area (Å²) in [6, 6.07) is 9.00. The van der Waals surface area contributed by atoms with Gasteiger partial charge in [0.2, 0.25) is 0 Å². The highest BCUT2D eigenvalue weighted by molar-refractivity contribution is 5.71. The van der Waals surface area contributed by atoms with Crippen LogP contribution in [0, 0.1) is 5.82 Å². The van der Waals surface area contributed by atoms with E-state index in [1.807, 2.05) is 6.07 Å². The Hall–Kier alpha value is -2.63. The number of pyridine rings is 1. The third-order valence-corrected chi connectivity index (χ3v) is 3.96. The molecule has 0 aliphatic carbocycles. The minimum atomic E-state index is -0.430. The van der Waals surface area contributed by atoms with Gasteiger partial charge >= 0.3 is 6.09 Å². The van der Waals surface area contributed by atoms with Crippen molar-refractivity contribution < 1.29 is 18.7 Å². The van der Waals surface area contributed by atoms with Crippen molar-refractivity contribution in [2.24, 2.45) is 0 Å². The van der Waals surface area contributed by atoms with Gasteiger partial charge in [0.25, 0.3) is 0 Å². The van der Waals surface area contributed by atoms with Gasteiger partial charge in [-0.05, 0) is 55.7 Å². The van der Waals surface area contributed by atoms with Gasteiger partial charge in [0.05, 0.1) is 12.2 Å². The van der Waals surface area contributed by atoms with Crippen molar-refractivity contribution in [1.82, 2.24) is 9.88 Å². The molecule has 1 aromatic heterocycles. The summed E-state index contributed by atoms with van der Waals surface area (Å²) in [7, 11) is 0. The first kappa shape index (κ1) is 16.2. The van der Waals surface area contributed by atoms with Crippen LogP contribution in [-0.2, 0) is 0 Å². The molecule has 0 N–H and O–H groups in total. The average molecular weight is 330 g/mol. The first-order valence-corrected chi connectivity index (χ1v) is 7.99. The van der Waals surface area contributed by atoms with Crippen LogP contribution in [-0.4, -0.2) is 35.2 Å². The number of likely N-dealkylation sites (tertiary alicyclic amines) is 1. The summed E-state index contributed by atoms with van der Waals surface area (Å²) >= 11 is 0. The van der Waals surface area contributed by atoms with Crippen LogP contribution in [0.3, 0.4) is 0 Å². The summed E-state index contributed by atoms with van der Waals surface area (Å²) in [5, 5.41) is 0. The maximum Gasteiger partial charge on any atom is 0.415 e. The average Bonchev–Trinajstić information content (AvgIpc) is 2.63. The van der Waals surface area contributed by atoms with E-state index in [1.165, 1.54) is 24.3 Å². The quantitative estimate of drug-likeness (QED) is 0.858. The predicted octanol–water partition coefficient (Wildman–Crippen LogP) is 3.65. The van der Waals surface area contributed by atoms with Crippen LogP contribution >= 0.6 is 0 Å². The molecule has 2 heterocycles. The van der Waals surface area contributed by atoms with E-state index in [0.29, 0.717) is 24.7 Å². The van der Waals surface area contributed by atoms with Crippen molar-refractivity contribution in [2.45, 2.75) is 25.3 Å². The summed E-state index contributed by atoms with van der Waals surface area (Å²) in [6.07, 6.45) is 5.73. The van der Waals surface area contributed by atoms with E-state index in [4.69, 9.17) is 9.47 Å². The second-order valence-corrected chi connectivity index (χ2v) is 5.66. The first-order valence-electron chi connectivity index (χ1n) is 7.99. The van der Waals surface area contributed by atoms with Crippen LogP contribution < -0.4 is 9.47 Å². The first-order chi connectivity index (χ1) is 11.7. The lowest BCUT2D eigenvalue weighted by atomic mass is 10.0. The minimum absolute atomic E-state index is 0.0492. The Kier molecular flexibility index (Phi) is 5.25. The fourth-order valence-corrected chi connectivity index (χ4v) is 2.70. The molecule has 1 unspecified atom stereocenters. The topological polar surface area (TPSA) is 51.7 Å². The Morgan fingerprint density at radius 3 is 2.79 bits per heavy atom. The molecular formula is C18H19FN2O3. The largest absolute Gasteiger partial charge is 0.490 e. The molecule has 0 bridgehead atoms. The van der Waals surface area contributed by atoms with Gasteiger partial charge < -0.3 is 14.4 Å². The van der Waals surface area contributed by atoms with Gasteiger partial charge in [-0.15, -0.1) is 0 Å². The highest BCUT2D eigenvalue weighted by Crippen LogP contribution is 2.21. The molecule has 1 aromatic carbocycles. The second kappa shape index (κ2) is 7.77. The number of ether oxygens (including phenoxy) is 2. The third-order valence-electron chi connectivity index (χ3n) is 3.96. The highest BCUT2D eigenvalue weighted by Gasteiger charge is 2.28. The lowest BCUT2D eigenvalue weighted by molar-refractivity contribution is 0.0885. The summed E-state index contributed by atoms with van der Waals surface area (Å²) in [4.78, 5) is 18.1. The molecule has 1 saturated heterocycles. The summed E-state index contributed by atoms with van der Waals surface area (Å²) < 4.78 is 24.0. The second-order valence-electron chi connectivity index (χ2n) is 5.66. The molecule has 0 radical (unpaired) electrons. The van der Waals surface area contributed by atoms with E-state index in [2.05, 4.69) is 4.98 Å². The lowest BCUT2D eigenvalue weighted by Gasteiger charge is -2.34.